The smallest absolute Gasteiger partial charge is 0.177 e. The molecule has 0 fully saturated rings. The number of aryl methyl sites for hydroxylation is 1. The van der Waals surface area contributed by atoms with Crippen molar-refractivity contribution < 1.29 is 8.81 Å². The van der Waals surface area contributed by atoms with E-state index in [-0.39, 0.29) is 5.82 Å². The topological polar surface area (TPSA) is 43.9 Å². The minimum Gasteiger partial charge on any atom is -0.453 e. The normalized spacial score (nSPS) is 11.5. The first-order chi connectivity index (χ1) is 9.72. The van der Waals surface area contributed by atoms with Crippen LogP contribution in [0.4, 0.5) is 4.39 Å². The van der Waals surface area contributed by atoms with E-state index in [0.717, 1.165) is 16.4 Å². The van der Waals surface area contributed by atoms with Crippen LogP contribution < -0.4 is 0 Å². The largest absolute Gasteiger partial charge is 0.453 e. The number of hydrogen-bond donors (Lipinski definition) is 0. The molecular formula is C15H10FN3O. The van der Waals surface area contributed by atoms with Crippen molar-refractivity contribution in [1.29, 1.82) is 0 Å². The highest BCUT2D eigenvalue weighted by Crippen LogP contribution is 2.29. The average molecular weight is 267 g/mol. The molecule has 3 heterocycles. The number of imidazole rings is 1. The second-order valence-corrected chi connectivity index (χ2v) is 4.65. The van der Waals surface area contributed by atoms with Crippen LogP contribution in [-0.2, 0) is 7.05 Å². The van der Waals surface area contributed by atoms with Gasteiger partial charge in [0, 0.05) is 18.6 Å². The molecule has 0 bridgehead atoms. The summed E-state index contributed by atoms with van der Waals surface area (Å²) in [6, 6.07) is 8.10. The summed E-state index contributed by atoms with van der Waals surface area (Å²) in [5.74, 6) is 1.04. The number of benzene rings is 1. The fourth-order valence-corrected chi connectivity index (χ4v) is 2.38. The van der Waals surface area contributed by atoms with Crippen LogP contribution in [0.15, 0.2) is 47.1 Å². The molecule has 0 amide bonds. The van der Waals surface area contributed by atoms with Gasteiger partial charge in [0.25, 0.3) is 0 Å². The first kappa shape index (κ1) is 11.2. The lowest BCUT2D eigenvalue weighted by molar-refractivity contribution is 0.614. The van der Waals surface area contributed by atoms with Crippen molar-refractivity contribution in [1.82, 2.24) is 14.5 Å². The van der Waals surface area contributed by atoms with E-state index < -0.39 is 0 Å². The van der Waals surface area contributed by atoms with E-state index in [0.29, 0.717) is 17.2 Å². The summed E-state index contributed by atoms with van der Waals surface area (Å²) in [5.41, 5.74) is 2.42. The predicted molar refractivity (Wildman–Crippen MR) is 73.7 cm³/mol. The van der Waals surface area contributed by atoms with Crippen LogP contribution in [0, 0.1) is 5.82 Å². The third-order valence-corrected chi connectivity index (χ3v) is 3.38. The highest BCUT2D eigenvalue weighted by molar-refractivity contribution is 5.84. The molecule has 4 nitrogen and oxygen atoms in total. The molecule has 0 atom stereocenters. The van der Waals surface area contributed by atoms with Gasteiger partial charge in [-0.05, 0) is 30.3 Å². The Labute approximate surface area is 113 Å². The standard InChI is InChI=1S/C15H10FN3O/c1-19-12-8-17-5-4-11(12)18-15(19)14-7-9-6-10(16)2-3-13(9)20-14/h2-8H,1H3. The van der Waals surface area contributed by atoms with E-state index in [9.17, 15) is 4.39 Å². The molecule has 0 unspecified atom stereocenters. The number of rotatable bonds is 1. The van der Waals surface area contributed by atoms with Crippen molar-refractivity contribution in [3.05, 3.63) is 48.5 Å². The molecular weight excluding hydrogens is 257 g/mol. The number of fused-ring (bicyclic) bond motifs is 2. The number of pyridine rings is 1. The summed E-state index contributed by atoms with van der Waals surface area (Å²) < 4.78 is 20.9. The molecule has 0 N–H and O–H groups in total. The highest BCUT2D eigenvalue weighted by Gasteiger charge is 2.14. The molecule has 3 aromatic heterocycles. The summed E-state index contributed by atoms with van der Waals surface area (Å²) in [5, 5.41) is 0.727. The Morgan fingerprint density at radius 3 is 2.95 bits per heavy atom. The van der Waals surface area contributed by atoms with E-state index in [1.807, 2.05) is 17.7 Å². The molecule has 4 rings (SSSR count). The van der Waals surface area contributed by atoms with Gasteiger partial charge in [-0.25, -0.2) is 9.37 Å². The summed E-state index contributed by atoms with van der Waals surface area (Å²) >= 11 is 0. The maximum Gasteiger partial charge on any atom is 0.177 e. The van der Waals surface area contributed by atoms with Gasteiger partial charge in [-0.1, -0.05) is 0 Å². The Kier molecular flexibility index (Phi) is 2.18. The Hall–Kier alpha value is -2.69. The Morgan fingerprint density at radius 2 is 2.10 bits per heavy atom. The Morgan fingerprint density at radius 1 is 1.20 bits per heavy atom. The van der Waals surface area contributed by atoms with Crippen LogP contribution in [-0.4, -0.2) is 14.5 Å². The zero-order chi connectivity index (χ0) is 13.7. The van der Waals surface area contributed by atoms with Crippen molar-refractivity contribution in [2.75, 3.05) is 0 Å². The molecule has 0 aliphatic heterocycles. The van der Waals surface area contributed by atoms with E-state index >= 15 is 0 Å². The lowest BCUT2D eigenvalue weighted by atomic mass is 10.2. The maximum atomic E-state index is 13.2. The van der Waals surface area contributed by atoms with Crippen molar-refractivity contribution in [2.24, 2.45) is 7.05 Å². The first-order valence-electron chi connectivity index (χ1n) is 6.18. The molecule has 0 aliphatic carbocycles. The minimum absolute atomic E-state index is 0.279. The summed E-state index contributed by atoms with van der Waals surface area (Å²) in [6.45, 7) is 0. The fraction of sp³-hybridized carbons (Fsp3) is 0.0667. The molecule has 98 valence electrons. The number of aromatic nitrogens is 3. The van der Waals surface area contributed by atoms with Gasteiger partial charge in [0.15, 0.2) is 11.6 Å². The molecule has 0 saturated carbocycles. The van der Waals surface area contributed by atoms with E-state index in [1.165, 1.54) is 12.1 Å². The molecule has 5 heteroatoms. The highest BCUT2D eigenvalue weighted by atomic mass is 19.1. The molecule has 0 radical (unpaired) electrons. The van der Waals surface area contributed by atoms with E-state index in [2.05, 4.69) is 9.97 Å². The number of hydrogen-bond acceptors (Lipinski definition) is 3. The molecule has 0 spiro atoms. The van der Waals surface area contributed by atoms with Crippen molar-refractivity contribution in [2.45, 2.75) is 0 Å². The zero-order valence-electron chi connectivity index (χ0n) is 10.7. The predicted octanol–water partition coefficient (Wildman–Crippen LogP) is 3.52. The average Bonchev–Trinajstić information content (AvgIpc) is 3.00. The third kappa shape index (κ3) is 1.53. The lowest BCUT2D eigenvalue weighted by Crippen LogP contribution is -1.91. The van der Waals surface area contributed by atoms with Gasteiger partial charge in [0.1, 0.15) is 11.4 Å². The quantitative estimate of drug-likeness (QED) is 0.530. The van der Waals surface area contributed by atoms with Crippen molar-refractivity contribution in [3.63, 3.8) is 0 Å². The van der Waals surface area contributed by atoms with E-state index in [1.54, 1.807) is 24.5 Å². The Bertz CT molecular complexity index is 939. The van der Waals surface area contributed by atoms with Crippen LogP contribution in [0.25, 0.3) is 33.6 Å². The van der Waals surface area contributed by atoms with Crippen molar-refractivity contribution >= 4 is 22.0 Å². The van der Waals surface area contributed by atoms with Gasteiger partial charge < -0.3 is 8.98 Å². The molecule has 4 aromatic rings. The van der Waals surface area contributed by atoms with Crippen LogP contribution in [0.5, 0.6) is 0 Å². The van der Waals surface area contributed by atoms with Crippen molar-refractivity contribution in [3.8, 4) is 11.6 Å². The van der Waals surface area contributed by atoms with Gasteiger partial charge in [0.2, 0.25) is 0 Å². The van der Waals surface area contributed by atoms with Gasteiger partial charge in [-0.15, -0.1) is 0 Å². The van der Waals surface area contributed by atoms with Gasteiger partial charge in [-0.2, -0.15) is 0 Å². The van der Waals surface area contributed by atoms with Crippen LogP contribution in [0.1, 0.15) is 0 Å². The monoisotopic (exact) mass is 267 g/mol. The first-order valence-corrected chi connectivity index (χ1v) is 6.18. The van der Waals surface area contributed by atoms with Gasteiger partial charge in [0.05, 0.1) is 17.2 Å². The van der Waals surface area contributed by atoms with E-state index in [4.69, 9.17) is 4.42 Å². The van der Waals surface area contributed by atoms with Crippen LogP contribution >= 0.6 is 0 Å². The minimum atomic E-state index is -0.279. The zero-order valence-corrected chi connectivity index (χ0v) is 10.7. The lowest BCUT2D eigenvalue weighted by Gasteiger charge is -1.97. The summed E-state index contributed by atoms with van der Waals surface area (Å²) in [7, 11) is 1.90. The second kappa shape index (κ2) is 3.90. The fourth-order valence-electron chi connectivity index (χ4n) is 2.38. The van der Waals surface area contributed by atoms with Gasteiger partial charge >= 0.3 is 0 Å². The number of nitrogens with zero attached hydrogens (tertiary/aromatic N) is 3. The molecule has 0 aliphatic rings. The van der Waals surface area contributed by atoms with Crippen LogP contribution in [0.2, 0.25) is 0 Å². The maximum absolute atomic E-state index is 13.2. The van der Waals surface area contributed by atoms with Gasteiger partial charge in [-0.3, -0.25) is 4.98 Å². The number of furan rings is 1. The molecule has 0 saturated heterocycles. The summed E-state index contributed by atoms with van der Waals surface area (Å²) in [4.78, 5) is 8.63. The summed E-state index contributed by atoms with van der Waals surface area (Å²) in [6.07, 6.45) is 3.46. The molecule has 20 heavy (non-hydrogen) atoms. The third-order valence-electron chi connectivity index (χ3n) is 3.38. The Balaban J connectivity index is 1.98. The number of halogens is 1. The van der Waals surface area contributed by atoms with Crippen LogP contribution in [0.3, 0.4) is 0 Å². The SMILES string of the molecule is Cn1c(-c2cc3cc(F)ccc3o2)nc2ccncc21. The second-order valence-electron chi connectivity index (χ2n) is 4.65. The molecule has 1 aromatic carbocycles.